The van der Waals surface area contributed by atoms with Crippen molar-refractivity contribution in [3.63, 3.8) is 0 Å². The highest BCUT2D eigenvalue weighted by molar-refractivity contribution is 5.32. The third kappa shape index (κ3) is 2.32. The van der Waals surface area contributed by atoms with Gasteiger partial charge in [-0.3, -0.25) is 0 Å². The van der Waals surface area contributed by atoms with Crippen LogP contribution in [0.15, 0.2) is 24.3 Å². The molecule has 1 saturated carbocycles. The molecule has 0 aliphatic heterocycles. The zero-order valence-corrected chi connectivity index (χ0v) is 9.15. The normalized spacial score (nSPS) is 25.5. The Hall–Kier alpha value is -1.02. The average Bonchev–Trinajstić information content (AvgIpc) is 2.65. The summed E-state index contributed by atoms with van der Waals surface area (Å²) in [5, 5.41) is 9.82. The maximum absolute atomic E-state index is 9.82. The van der Waals surface area contributed by atoms with Crippen molar-refractivity contribution < 1.29 is 9.84 Å². The standard InChI is InChI=1S/C13H18O2/c1-2-15-11-6-3-5-10(9-11)12-7-4-8-13(12)14/h3,5-6,9,12-14H,2,4,7-8H2,1H3. The van der Waals surface area contributed by atoms with Crippen LogP contribution in [0.25, 0.3) is 0 Å². The molecule has 15 heavy (non-hydrogen) atoms. The zero-order valence-electron chi connectivity index (χ0n) is 9.15. The first kappa shape index (κ1) is 10.5. The van der Waals surface area contributed by atoms with E-state index in [1.54, 1.807) is 0 Å². The summed E-state index contributed by atoms with van der Waals surface area (Å²) in [5.41, 5.74) is 1.21. The molecule has 2 rings (SSSR count). The van der Waals surface area contributed by atoms with Gasteiger partial charge in [-0.15, -0.1) is 0 Å². The molecular weight excluding hydrogens is 188 g/mol. The molecular formula is C13H18O2. The van der Waals surface area contributed by atoms with Gasteiger partial charge >= 0.3 is 0 Å². The Labute approximate surface area is 90.9 Å². The lowest BCUT2D eigenvalue weighted by Gasteiger charge is -2.15. The molecule has 1 aromatic carbocycles. The van der Waals surface area contributed by atoms with E-state index < -0.39 is 0 Å². The number of hydrogen-bond acceptors (Lipinski definition) is 2. The van der Waals surface area contributed by atoms with Crippen molar-refractivity contribution in [1.82, 2.24) is 0 Å². The van der Waals surface area contributed by atoms with Gasteiger partial charge in [0.2, 0.25) is 0 Å². The molecule has 82 valence electrons. The maximum Gasteiger partial charge on any atom is 0.119 e. The summed E-state index contributed by atoms with van der Waals surface area (Å²) in [6.45, 7) is 2.67. The summed E-state index contributed by atoms with van der Waals surface area (Å²) in [6.07, 6.45) is 2.99. The molecule has 0 radical (unpaired) electrons. The van der Waals surface area contributed by atoms with Crippen molar-refractivity contribution in [2.24, 2.45) is 0 Å². The maximum atomic E-state index is 9.82. The fraction of sp³-hybridized carbons (Fsp3) is 0.538. The lowest BCUT2D eigenvalue weighted by molar-refractivity contribution is 0.163. The molecule has 1 fully saturated rings. The molecule has 0 bridgehead atoms. The van der Waals surface area contributed by atoms with Gasteiger partial charge in [-0.1, -0.05) is 18.6 Å². The Balaban J connectivity index is 2.16. The lowest BCUT2D eigenvalue weighted by atomic mass is 9.96. The third-order valence-corrected chi connectivity index (χ3v) is 3.08. The second-order valence-electron chi connectivity index (χ2n) is 4.11. The molecule has 1 N–H and O–H groups in total. The molecule has 2 nitrogen and oxygen atoms in total. The van der Waals surface area contributed by atoms with Crippen LogP contribution in [0.1, 0.15) is 37.7 Å². The highest BCUT2D eigenvalue weighted by Gasteiger charge is 2.26. The van der Waals surface area contributed by atoms with E-state index in [0.717, 1.165) is 25.0 Å². The number of hydrogen-bond donors (Lipinski definition) is 1. The van der Waals surface area contributed by atoms with Crippen LogP contribution < -0.4 is 4.74 Å². The van der Waals surface area contributed by atoms with Crippen molar-refractivity contribution in [2.75, 3.05) is 6.61 Å². The quantitative estimate of drug-likeness (QED) is 0.824. The van der Waals surface area contributed by atoms with Crippen molar-refractivity contribution in [3.05, 3.63) is 29.8 Å². The molecule has 0 heterocycles. The van der Waals surface area contributed by atoms with E-state index >= 15 is 0 Å². The Morgan fingerprint density at radius 2 is 2.27 bits per heavy atom. The van der Waals surface area contributed by atoms with Crippen LogP contribution in [0.4, 0.5) is 0 Å². The van der Waals surface area contributed by atoms with Crippen molar-refractivity contribution in [1.29, 1.82) is 0 Å². The molecule has 0 spiro atoms. The van der Waals surface area contributed by atoms with Gasteiger partial charge in [-0.05, 0) is 37.5 Å². The minimum absolute atomic E-state index is 0.165. The predicted octanol–water partition coefficient (Wildman–Crippen LogP) is 2.71. The zero-order chi connectivity index (χ0) is 10.7. The summed E-state index contributed by atoms with van der Waals surface area (Å²) in [7, 11) is 0. The van der Waals surface area contributed by atoms with E-state index in [1.807, 2.05) is 19.1 Å². The molecule has 2 unspecified atom stereocenters. The molecule has 0 aromatic heterocycles. The Bertz CT molecular complexity index is 322. The second kappa shape index (κ2) is 4.67. The Morgan fingerprint density at radius 3 is 2.93 bits per heavy atom. The van der Waals surface area contributed by atoms with Crippen LogP contribution in [-0.2, 0) is 0 Å². The van der Waals surface area contributed by atoms with Crippen LogP contribution in [0.2, 0.25) is 0 Å². The smallest absolute Gasteiger partial charge is 0.119 e. The highest BCUT2D eigenvalue weighted by Crippen LogP contribution is 2.35. The molecule has 1 aliphatic carbocycles. The molecule has 2 atom stereocenters. The summed E-state index contributed by atoms with van der Waals surface area (Å²) in [6, 6.07) is 8.12. The Kier molecular flexibility index (Phi) is 3.27. The van der Waals surface area contributed by atoms with E-state index in [2.05, 4.69) is 12.1 Å². The van der Waals surface area contributed by atoms with E-state index in [-0.39, 0.29) is 6.10 Å². The van der Waals surface area contributed by atoms with Crippen LogP contribution >= 0.6 is 0 Å². The topological polar surface area (TPSA) is 29.5 Å². The minimum Gasteiger partial charge on any atom is -0.494 e. The van der Waals surface area contributed by atoms with Gasteiger partial charge in [0.25, 0.3) is 0 Å². The van der Waals surface area contributed by atoms with Gasteiger partial charge in [0.1, 0.15) is 5.75 Å². The minimum atomic E-state index is -0.165. The van der Waals surface area contributed by atoms with Crippen molar-refractivity contribution in [2.45, 2.75) is 38.2 Å². The van der Waals surface area contributed by atoms with E-state index in [0.29, 0.717) is 12.5 Å². The second-order valence-corrected chi connectivity index (χ2v) is 4.11. The van der Waals surface area contributed by atoms with Crippen molar-refractivity contribution in [3.8, 4) is 5.75 Å². The number of rotatable bonds is 3. The summed E-state index contributed by atoms with van der Waals surface area (Å²) < 4.78 is 5.46. The van der Waals surface area contributed by atoms with E-state index in [9.17, 15) is 5.11 Å². The number of benzene rings is 1. The molecule has 1 aromatic rings. The van der Waals surface area contributed by atoms with Crippen LogP contribution in [0.5, 0.6) is 5.75 Å². The first-order chi connectivity index (χ1) is 7.31. The van der Waals surface area contributed by atoms with Gasteiger partial charge in [0, 0.05) is 5.92 Å². The van der Waals surface area contributed by atoms with Gasteiger partial charge < -0.3 is 9.84 Å². The predicted molar refractivity (Wildman–Crippen MR) is 60.2 cm³/mol. The first-order valence-electron chi connectivity index (χ1n) is 5.72. The summed E-state index contributed by atoms with van der Waals surface area (Å²) in [4.78, 5) is 0. The fourth-order valence-corrected chi connectivity index (χ4v) is 2.33. The van der Waals surface area contributed by atoms with Gasteiger partial charge in [-0.25, -0.2) is 0 Å². The molecule has 0 saturated heterocycles. The number of aliphatic hydroxyl groups excluding tert-OH is 1. The molecule has 0 amide bonds. The average molecular weight is 206 g/mol. The number of aliphatic hydroxyl groups is 1. The number of ether oxygens (including phenoxy) is 1. The summed E-state index contributed by atoms with van der Waals surface area (Å²) in [5.74, 6) is 1.22. The largest absolute Gasteiger partial charge is 0.494 e. The first-order valence-corrected chi connectivity index (χ1v) is 5.72. The highest BCUT2D eigenvalue weighted by atomic mass is 16.5. The fourth-order valence-electron chi connectivity index (χ4n) is 2.33. The lowest BCUT2D eigenvalue weighted by Crippen LogP contribution is -2.10. The van der Waals surface area contributed by atoms with E-state index in [4.69, 9.17) is 4.74 Å². The molecule has 2 heteroatoms. The third-order valence-electron chi connectivity index (χ3n) is 3.08. The van der Waals surface area contributed by atoms with Gasteiger partial charge in [-0.2, -0.15) is 0 Å². The van der Waals surface area contributed by atoms with Gasteiger partial charge in [0.15, 0.2) is 0 Å². The SMILES string of the molecule is CCOc1cccc(C2CCCC2O)c1. The Morgan fingerprint density at radius 1 is 1.40 bits per heavy atom. The molecule has 1 aliphatic rings. The monoisotopic (exact) mass is 206 g/mol. The summed E-state index contributed by atoms with van der Waals surface area (Å²) >= 11 is 0. The van der Waals surface area contributed by atoms with Crippen molar-refractivity contribution >= 4 is 0 Å². The van der Waals surface area contributed by atoms with E-state index in [1.165, 1.54) is 5.56 Å². The van der Waals surface area contributed by atoms with Crippen LogP contribution in [0, 0.1) is 0 Å². The van der Waals surface area contributed by atoms with Crippen LogP contribution in [0.3, 0.4) is 0 Å². The van der Waals surface area contributed by atoms with Crippen LogP contribution in [-0.4, -0.2) is 17.8 Å². The van der Waals surface area contributed by atoms with Gasteiger partial charge in [0.05, 0.1) is 12.7 Å².